The van der Waals surface area contributed by atoms with E-state index in [-0.39, 0.29) is 5.91 Å². The Labute approximate surface area is 115 Å². The van der Waals surface area contributed by atoms with Crippen molar-refractivity contribution in [2.75, 3.05) is 6.54 Å². The molecule has 0 bridgehead atoms. The number of rotatable bonds is 1. The van der Waals surface area contributed by atoms with Crippen molar-refractivity contribution >= 4 is 34.2 Å². The number of hydrogen-bond donors (Lipinski definition) is 1. The highest BCUT2D eigenvalue weighted by Crippen LogP contribution is 2.26. The van der Waals surface area contributed by atoms with Crippen LogP contribution in [0.25, 0.3) is 0 Å². The maximum absolute atomic E-state index is 11.6. The van der Waals surface area contributed by atoms with Crippen LogP contribution < -0.4 is 5.32 Å². The quantitative estimate of drug-likeness (QED) is 0.628. The zero-order chi connectivity index (χ0) is 12.5. The summed E-state index contributed by atoms with van der Waals surface area (Å²) in [5, 5.41) is 2.64. The van der Waals surface area contributed by atoms with E-state index in [2.05, 4.69) is 34.5 Å². The van der Waals surface area contributed by atoms with Gasteiger partial charge in [0.05, 0.1) is 4.91 Å². The summed E-state index contributed by atoms with van der Waals surface area (Å²) in [6, 6.07) is 8.45. The standard InChI is InChI=1S/C13H12N2OS2/c16-12-11(18-13(17)14-12)8-15-6-5-9-3-1-2-4-10(9)7-15/h1-4,8H,5-7H2,(H,14,16,17)/b11-8-. The molecule has 0 radical (unpaired) electrons. The molecule has 92 valence electrons. The number of nitrogens with one attached hydrogen (secondary N) is 1. The van der Waals surface area contributed by atoms with Gasteiger partial charge in [-0.2, -0.15) is 0 Å². The van der Waals surface area contributed by atoms with Gasteiger partial charge in [-0.05, 0) is 17.5 Å². The molecule has 3 rings (SSSR count). The molecule has 1 fully saturated rings. The molecule has 18 heavy (non-hydrogen) atoms. The minimum absolute atomic E-state index is 0.0798. The van der Waals surface area contributed by atoms with Gasteiger partial charge >= 0.3 is 0 Å². The summed E-state index contributed by atoms with van der Waals surface area (Å²) < 4.78 is 0.545. The number of fused-ring (bicyclic) bond motifs is 1. The van der Waals surface area contributed by atoms with Crippen LogP contribution in [0.4, 0.5) is 0 Å². The second-order valence-corrected chi connectivity index (χ2v) is 6.05. The fourth-order valence-corrected chi connectivity index (χ4v) is 3.26. The maximum atomic E-state index is 11.6. The molecule has 1 saturated heterocycles. The number of nitrogens with zero attached hydrogens (tertiary/aromatic N) is 1. The lowest BCUT2D eigenvalue weighted by atomic mass is 10.0. The predicted octanol–water partition coefficient (Wildman–Crippen LogP) is 2.03. The highest BCUT2D eigenvalue weighted by molar-refractivity contribution is 8.26. The van der Waals surface area contributed by atoms with Gasteiger partial charge in [0.25, 0.3) is 5.91 Å². The zero-order valence-electron chi connectivity index (χ0n) is 9.68. The molecular weight excluding hydrogens is 264 g/mol. The molecule has 3 nitrogen and oxygen atoms in total. The van der Waals surface area contributed by atoms with Gasteiger partial charge in [0, 0.05) is 19.3 Å². The van der Waals surface area contributed by atoms with Crippen molar-refractivity contribution in [1.29, 1.82) is 0 Å². The molecule has 5 heteroatoms. The summed E-state index contributed by atoms with van der Waals surface area (Å²) in [6.07, 6.45) is 2.95. The van der Waals surface area contributed by atoms with Crippen LogP contribution in [-0.2, 0) is 17.8 Å². The third-order valence-corrected chi connectivity index (χ3v) is 4.25. The van der Waals surface area contributed by atoms with Crippen LogP contribution in [0, 0.1) is 0 Å². The highest BCUT2D eigenvalue weighted by atomic mass is 32.2. The molecule has 0 aliphatic carbocycles. The molecule has 2 aliphatic heterocycles. The number of carbonyl (C=O) groups excluding carboxylic acids is 1. The summed E-state index contributed by atoms with van der Waals surface area (Å²) in [5.41, 5.74) is 2.75. The predicted molar refractivity (Wildman–Crippen MR) is 77.0 cm³/mol. The van der Waals surface area contributed by atoms with E-state index in [1.54, 1.807) is 0 Å². The number of carbonyl (C=O) groups is 1. The van der Waals surface area contributed by atoms with E-state index in [9.17, 15) is 4.79 Å². The maximum Gasteiger partial charge on any atom is 0.265 e. The van der Waals surface area contributed by atoms with Crippen molar-refractivity contribution in [1.82, 2.24) is 10.2 Å². The van der Waals surface area contributed by atoms with Crippen molar-refractivity contribution < 1.29 is 4.79 Å². The second-order valence-electron chi connectivity index (χ2n) is 4.33. The summed E-state index contributed by atoms with van der Waals surface area (Å²) in [6.45, 7) is 1.81. The summed E-state index contributed by atoms with van der Waals surface area (Å²) in [7, 11) is 0. The Bertz CT molecular complexity index is 554. The molecule has 0 unspecified atom stereocenters. The molecule has 0 aromatic heterocycles. The first-order chi connectivity index (χ1) is 8.72. The molecule has 1 aromatic rings. The molecule has 1 aromatic carbocycles. The van der Waals surface area contributed by atoms with Crippen LogP contribution in [0.1, 0.15) is 11.1 Å². The Balaban J connectivity index is 1.79. The second kappa shape index (κ2) is 4.74. The smallest absolute Gasteiger partial charge is 0.265 e. The molecule has 1 N–H and O–H groups in total. The van der Waals surface area contributed by atoms with Gasteiger partial charge in [0.15, 0.2) is 0 Å². The Kier molecular flexibility index (Phi) is 3.09. The largest absolute Gasteiger partial charge is 0.372 e. The third kappa shape index (κ3) is 2.28. The lowest BCUT2D eigenvalue weighted by Crippen LogP contribution is -2.27. The van der Waals surface area contributed by atoms with Crippen LogP contribution in [0.3, 0.4) is 0 Å². The van der Waals surface area contributed by atoms with Crippen LogP contribution in [-0.4, -0.2) is 21.7 Å². The monoisotopic (exact) mass is 276 g/mol. The van der Waals surface area contributed by atoms with E-state index >= 15 is 0 Å². The average molecular weight is 276 g/mol. The van der Waals surface area contributed by atoms with E-state index in [1.807, 2.05) is 6.20 Å². The zero-order valence-corrected chi connectivity index (χ0v) is 11.3. The van der Waals surface area contributed by atoms with Gasteiger partial charge in [-0.15, -0.1) is 0 Å². The van der Waals surface area contributed by atoms with Crippen molar-refractivity contribution in [3.05, 3.63) is 46.5 Å². The van der Waals surface area contributed by atoms with Gasteiger partial charge < -0.3 is 10.2 Å². The van der Waals surface area contributed by atoms with E-state index in [0.29, 0.717) is 9.23 Å². The Morgan fingerprint density at radius 3 is 2.83 bits per heavy atom. The number of thiocarbonyl (C=S) groups is 1. The third-order valence-electron chi connectivity index (χ3n) is 3.10. The molecule has 2 aliphatic rings. The SMILES string of the molecule is O=C1NC(=S)S/C1=C\N1CCc2ccccc2C1. The van der Waals surface area contributed by atoms with Crippen LogP contribution in [0.5, 0.6) is 0 Å². The number of hydrogen-bond acceptors (Lipinski definition) is 4. The van der Waals surface area contributed by atoms with E-state index < -0.39 is 0 Å². The van der Waals surface area contributed by atoms with E-state index in [1.165, 1.54) is 22.9 Å². The van der Waals surface area contributed by atoms with Crippen LogP contribution >= 0.6 is 24.0 Å². The summed E-state index contributed by atoms with van der Waals surface area (Å²) in [5.74, 6) is -0.0798. The molecule has 2 heterocycles. The number of amides is 1. The highest BCUT2D eigenvalue weighted by Gasteiger charge is 2.24. The van der Waals surface area contributed by atoms with Gasteiger partial charge in [-0.3, -0.25) is 4.79 Å². The Hall–Kier alpha value is -1.33. The summed E-state index contributed by atoms with van der Waals surface area (Å²) >= 11 is 6.31. The fourth-order valence-electron chi connectivity index (χ4n) is 2.20. The first-order valence-corrected chi connectivity index (χ1v) is 7.01. The molecule has 0 saturated carbocycles. The number of benzene rings is 1. The van der Waals surface area contributed by atoms with E-state index in [4.69, 9.17) is 12.2 Å². The van der Waals surface area contributed by atoms with Crippen molar-refractivity contribution in [3.8, 4) is 0 Å². The first-order valence-electron chi connectivity index (χ1n) is 5.78. The first kappa shape index (κ1) is 11.7. The van der Waals surface area contributed by atoms with Crippen molar-refractivity contribution in [2.45, 2.75) is 13.0 Å². The van der Waals surface area contributed by atoms with Crippen LogP contribution in [0.2, 0.25) is 0 Å². The van der Waals surface area contributed by atoms with E-state index in [0.717, 1.165) is 19.5 Å². The van der Waals surface area contributed by atoms with Gasteiger partial charge in [0.2, 0.25) is 0 Å². The van der Waals surface area contributed by atoms with Gasteiger partial charge in [-0.25, -0.2) is 0 Å². The molecular formula is C13H12N2OS2. The molecule has 1 amide bonds. The molecule has 0 atom stereocenters. The topological polar surface area (TPSA) is 32.3 Å². The van der Waals surface area contributed by atoms with Gasteiger partial charge in [-0.1, -0.05) is 48.2 Å². The normalized spacial score (nSPS) is 21.1. The molecule has 0 spiro atoms. The van der Waals surface area contributed by atoms with Crippen molar-refractivity contribution in [3.63, 3.8) is 0 Å². The Morgan fingerprint density at radius 2 is 2.11 bits per heavy atom. The minimum Gasteiger partial charge on any atom is -0.372 e. The van der Waals surface area contributed by atoms with Crippen molar-refractivity contribution in [2.24, 2.45) is 0 Å². The minimum atomic E-state index is -0.0798. The number of thioether (sulfide) groups is 1. The summed E-state index contributed by atoms with van der Waals surface area (Å²) in [4.78, 5) is 14.5. The van der Waals surface area contributed by atoms with Gasteiger partial charge in [0.1, 0.15) is 4.32 Å². The lowest BCUT2D eigenvalue weighted by Gasteiger charge is -2.27. The average Bonchev–Trinajstić information content (AvgIpc) is 2.68. The fraction of sp³-hybridized carbons (Fsp3) is 0.231. The Morgan fingerprint density at radius 1 is 1.33 bits per heavy atom. The van der Waals surface area contributed by atoms with Crippen LogP contribution in [0.15, 0.2) is 35.4 Å². The lowest BCUT2D eigenvalue weighted by molar-refractivity contribution is -0.115.